The smallest absolute Gasteiger partial charge is 0.329 e. The van der Waals surface area contributed by atoms with Crippen molar-refractivity contribution in [1.82, 2.24) is 4.90 Å². The number of carbonyl (C=O) groups is 5. The van der Waals surface area contributed by atoms with Crippen molar-refractivity contribution < 1.29 is 63.0 Å². The topological polar surface area (TPSA) is 195 Å². The van der Waals surface area contributed by atoms with E-state index in [0.717, 1.165) is 12.0 Å². The van der Waals surface area contributed by atoms with Gasteiger partial charge in [0, 0.05) is 58.5 Å². The lowest BCUT2D eigenvalue weighted by atomic mass is 9.78. The van der Waals surface area contributed by atoms with Crippen LogP contribution in [0.15, 0.2) is 47.6 Å². The number of hydrogen-bond acceptors (Lipinski definition) is 13. The van der Waals surface area contributed by atoms with Gasteiger partial charge in [-0.1, -0.05) is 71.1 Å². The molecule has 0 radical (unpaired) electrons. The number of methoxy groups -OCH3 is 3. The van der Waals surface area contributed by atoms with Gasteiger partial charge < -0.3 is 43.9 Å². The highest BCUT2D eigenvalue weighted by Gasteiger charge is 2.53. The van der Waals surface area contributed by atoms with Gasteiger partial charge in [0.15, 0.2) is 5.78 Å². The Bertz CT molecular complexity index is 1760. The molecule has 3 heterocycles. The summed E-state index contributed by atoms with van der Waals surface area (Å²) in [5.41, 5.74) is 1.27. The number of esters is 1. The van der Waals surface area contributed by atoms with E-state index in [4.69, 9.17) is 23.7 Å². The third-order valence-corrected chi connectivity index (χ3v) is 14.5. The molecule has 2 bridgehead atoms. The van der Waals surface area contributed by atoms with E-state index in [1.165, 1.54) is 12.0 Å². The minimum atomic E-state index is -2.43. The Hall–Kier alpha value is -3.37. The van der Waals surface area contributed by atoms with Crippen LogP contribution in [-0.2, 0) is 47.7 Å². The molecule has 3 fully saturated rings. The van der Waals surface area contributed by atoms with E-state index in [0.29, 0.717) is 63.4 Å². The molecule has 0 spiro atoms. The van der Waals surface area contributed by atoms with Crippen LogP contribution >= 0.6 is 0 Å². The summed E-state index contributed by atoms with van der Waals surface area (Å²) in [5, 5.41) is 33.8. The van der Waals surface area contributed by atoms with Crippen molar-refractivity contribution in [2.45, 2.75) is 180 Å². The van der Waals surface area contributed by atoms with Gasteiger partial charge in [-0.15, -0.1) is 0 Å². The zero-order chi connectivity index (χ0) is 48.2. The average molecular weight is 914 g/mol. The first kappa shape index (κ1) is 54.2. The highest BCUT2D eigenvalue weighted by molar-refractivity contribution is 6.39. The minimum absolute atomic E-state index is 0.0193. The van der Waals surface area contributed by atoms with Gasteiger partial charge in [0.25, 0.3) is 11.7 Å². The maximum absolute atomic E-state index is 14.4. The second-order valence-corrected chi connectivity index (χ2v) is 19.6. The van der Waals surface area contributed by atoms with Crippen molar-refractivity contribution >= 4 is 29.2 Å². The van der Waals surface area contributed by atoms with Crippen LogP contribution in [-0.4, -0.2) is 132 Å². The second kappa shape index (κ2) is 25.1. The molecule has 4 rings (SSSR count). The number of allylic oxidation sites excluding steroid dienone is 6. The quantitative estimate of drug-likeness (QED) is 0.156. The first-order chi connectivity index (χ1) is 30.7. The number of cyclic esters (lactones) is 1. The number of piperidine rings is 1. The van der Waals surface area contributed by atoms with Gasteiger partial charge in [0.05, 0.1) is 24.4 Å². The number of nitrogens with zero attached hydrogens (tertiary/aromatic N) is 1. The van der Waals surface area contributed by atoms with Crippen LogP contribution in [0.25, 0.3) is 0 Å². The van der Waals surface area contributed by atoms with Crippen molar-refractivity contribution in [2.75, 3.05) is 27.9 Å². The summed E-state index contributed by atoms with van der Waals surface area (Å²) < 4.78 is 29.4. The molecule has 1 amide bonds. The molecule has 4 aliphatic rings. The lowest BCUT2D eigenvalue weighted by Crippen LogP contribution is -2.61. The molecular formula is C51H79NO13. The summed E-state index contributed by atoms with van der Waals surface area (Å²) in [6, 6.07) is -1.14. The highest BCUT2D eigenvalue weighted by Crippen LogP contribution is 2.38. The standard InChI is InChI=1S/C51H79NO13/c1-30-16-12-11-13-17-31(2)42(61-8)28-38-21-19-36(7)51(60,65-38)48(57)49(58)52-23-15-14-18-39(52)50(59)64-43(33(4)26-37-20-22-40(53)44(27-37)62-9)29-41(54)32(3)25-35(6)46(56)47(63-10)45(55)34(5)24-30/h11-13,16-17,25,30,32-34,36-40,42-44,46-47,53,56,60H,14-15,18-24,26-29H2,1-10H3/b13-11+,16-12+,31-17+,35-25-/t30-,32+,33-,34-,36-,37-,38+,39+,40-,42+,43+,44-,46-,47+,51-/m1/s1. The van der Waals surface area contributed by atoms with Crippen molar-refractivity contribution in [3.8, 4) is 0 Å². The fourth-order valence-corrected chi connectivity index (χ4v) is 10.1. The maximum atomic E-state index is 14.4. The minimum Gasteiger partial charge on any atom is -0.460 e. The van der Waals surface area contributed by atoms with Crippen molar-refractivity contribution in [2.24, 2.45) is 35.5 Å². The molecule has 14 nitrogen and oxygen atoms in total. The molecule has 65 heavy (non-hydrogen) atoms. The normalized spacial score (nSPS) is 40.4. The fourth-order valence-electron chi connectivity index (χ4n) is 10.1. The molecule has 366 valence electrons. The van der Waals surface area contributed by atoms with Crippen LogP contribution in [0.4, 0.5) is 0 Å². The summed E-state index contributed by atoms with van der Waals surface area (Å²) >= 11 is 0. The number of ketones is 3. The van der Waals surface area contributed by atoms with Crippen LogP contribution < -0.4 is 0 Å². The third kappa shape index (κ3) is 14.3. The predicted molar refractivity (Wildman–Crippen MR) is 245 cm³/mol. The van der Waals surface area contributed by atoms with Crippen LogP contribution in [0, 0.1) is 35.5 Å². The second-order valence-electron chi connectivity index (χ2n) is 19.6. The van der Waals surface area contributed by atoms with Gasteiger partial charge in [-0.25, -0.2) is 4.79 Å². The van der Waals surface area contributed by atoms with Crippen LogP contribution in [0.2, 0.25) is 0 Å². The molecule has 0 unspecified atom stereocenters. The van der Waals surface area contributed by atoms with E-state index in [1.807, 2.05) is 58.1 Å². The summed E-state index contributed by atoms with van der Waals surface area (Å²) in [5.74, 6) is -7.96. The summed E-state index contributed by atoms with van der Waals surface area (Å²) in [7, 11) is 4.52. The lowest BCUT2D eigenvalue weighted by Gasteiger charge is -2.42. The molecule has 1 aliphatic carbocycles. The monoisotopic (exact) mass is 914 g/mol. The summed E-state index contributed by atoms with van der Waals surface area (Å²) in [4.78, 5) is 71.8. The van der Waals surface area contributed by atoms with E-state index in [-0.39, 0.29) is 54.8 Å². The van der Waals surface area contributed by atoms with E-state index in [2.05, 4.69) is 0 Å². The third-order valence-electron chi connectivity index (χ3n) is 14.5. The number of ether oxygens (including phenoxy) is 5. The summed E-state index contributed by atoms with van der Waals surface area (Å²) in [6.45, 7) is 12.7. The number of Topliss-reactive ketones (excluding diaryl/α,β-unsaturated/α-hetero) is 3. The Kier molecular flexibility index (Phi) is 21.0. The Balaban J connectivity index is 1.70. The fraction of sp³-hybridized carbons (Fsp3) is 0.745. The van der Waals surface area contributed by atoms with Gasteiger partial charge in [-0.05, 0) is 107 Å². The van der Waals surface area contributed by atoms with Crippen LogP contribution in [0.1, 0.15) is 126 Å². The Labute approximate surface area is 387 Å². The van der Waals surface area contributed by atoms with Crippen molar-refractivity contribution in [1.29, 1.82) is 0 Å². The number of carbonyl (C=O) groups excluding carboxylic acids is 5. The Morgan fingerprint density at radius 1 is 0.846 bits per heavy atom. The molecular weight excluding hydrogens is 835 g/mol. The van der Waals surface area contributed by atoms with Gasteiger partial charge >= 0.3 is 5.97 Å². The number of fused-ring (bicyclic) bond motifs is 3. The van der Waals surface area contributed by atoms with E-state index in [9.17, 15) is 39.3 Å². The molecule has 0 aromatic heterocycles. The SMILES string of the molecule is CO[C@H]1C[C@@H]2CC[C@@H](C)[C@@](O)(O2)C(=O)C(=O)N2CCCC[C@H]2C(=O)O[C@H]([C@H](C)C[C@H]2CC[C@@H](O)[C@H](OC)C2)CC(=O)[C@@H](C)/C=C(/C)[C@@H](O)[C@@H](OC)C(=O)[C@H](C)C[C@H](C)/C=C/C=C/C=C/1C. The molecule has 0 aromatic rings. The molecule has 3 aliphatic heterocycles. The number of aliphatic hydroxyl groups excluding tert-OH is 2. The predicted octanol–water partition coefficient (Wildman–Crippen LogP) is 6.18. The zero-order valence-corrected chi connectivity index (χ0v) is 40.6. The largest absolute Gasteiger partial charge is 0.460 e. The number of hydrogen-bond donors (Lipinski definition) is 3. The Morgan fingerprint density at radius 2 is 1.57 bits per heavy atom. The van der Waals surface area contributed by atoms with E-state index >= 15 is 0 Å². The van der Waals surface area contributed by atoms with E-state index < -0.39 is 83.9 Å². The van der Waals surface area contributed by atoms with Gasteiger partial charge in [0.2, 0.25) is 5.79 Å². The van der Waals surface area contributed by atoms with Gasteiger partial charge in [-0.2, -0.15) is 0 Å². The van der Waals surface area contributed by atoms with E-state index in [1.54, 1.807) is 41.1 Å². The molecule has 15 atom stereocenters. The number of rotatable bonds is 6. The highest BCUT2D eigenvalue weighted by atomic mass is 16.6. The lowest BCUT2D eigenvalue weighted by molar-refractivity contribution is -0.265. The average Bonchev–Trinajstić information content (AvgIpc) is 3.28. The van der Waals surface area contributed by atoms with Crippen LogP contribution in [0.5, 0.6) is 0 Å². The molecule has 1 saturated carbocycles. The molecule has 2 saturated heterocycles. The van der Waals surface area contributed by atoms with Gasteiger partial charge in [0.1, 0.15) is 30.1 Å². The summed E-state index contributed by atoms with van der Waals surface area (Å²) in [6.07, 6.45) is 11.2. The van der Waals surface area contributed by atoms with Crippen molar-refractivity contribution in [3.63, 3.8) is 0 Å². The number of amides is 1. The first-order valence-electron chi connectivity index (χ1n) is 23.9. The van der Waals surface area contributed by atoms with Crippen molar-refractivity contribution in [3.05, 3.63) is 47.6 Å². The zero-order valence-electron chi connectivity index (χ0n) is 40.6. The van der Waals surface area contributed by atoms with Crippen LogP contribution in [0.3, 0.4) is 0 Å². The Morgan fingerprint density at radius 3 is 2.25 bits per heavy atom. The first-order valence-corrected chi connectivity index (χ1v) is 23.9. The molecule has 3 N–H and O–H groups in total. The maximum Gasteiger partial charge on any atom is 0.329 e. The molecule has 14 heteroatoms. The number of aliphatic hydroxyl groups is 3. The molecule has 0 aromatic carbocycles. The van der Waals surface area contributed by atoms with Gasteiger partial charge in [-0.3, -0.25) is 19.2 Å².